The van der Waals surface area contributed by atoms with E-state index in [1.165, 1.54) is 33.4 Å². The Kier molecular flexibility index (Phi) is 16.7. The van der Waals surface area contributed by atoms with Crippen LogP contribution in [0.15, 0.2) is 51.7 Å². The van der Waals surface area contributed by atoms with Crippen LogP contribution in [0.3, 0.4) is 0 Å². The maximum Gasteiger partial charge on any atom is -0.147 e. The molecule has 3 rings (SSSR count). The molecule has 0 N–H and O–H groups in total. The van der Waals surface area contributed by atoms with E-state index < -0.39 is 0 Å². The van der Waals surface area contributed by atoms with Crippen molar-refractivity contribution in [2.45, 2.75) is 75.4 Å². The van der Waals surface area contributed by atoms with Crippen molar-refractivity contribution in [1.29, 1.82) is 0 Å². The van der Waals surface area contributed by atoms with Crippen molar-refractivity contribution in [2.24, 2.45) is 17.8 Å². The van der Waals surface area contributed by atoms with Gasteiger partial charge in [-0.05, 0) is 0 Å². The minimum Gasteiger partial charge on any atom is -0.147 e. The third kappa shape index (κ3) is 14.5. The van der Waals surface area contributed by atoms with Crippen molar-refractivity contribution >= 4 is 17.8 Å². The van der Waals surface area contributed by atoms with Gasteiger partial charge in [0.15, 0.2) is 0 Å². The molecule has 0 amide bonds. The quantitative estimate of drug-likeness (QED) is 0.229. The number of halogens is 1. The molecule has 0 aromatic carbocycles. The third-order valence-corrected chi connectivity index (χ3v) is 4.64. The first-order valence-electron chi connectivity index (χ1n) is 10.2. The molecule has 3 atom stereocenters. The summed E-state index contributed by atoms with van der Waals surface area (Å²) in [7, 11) is 0. The summed E-state index contributed by atoms with van der Waals surface area (Å²) in [6.07, 6.45) is 16.5. The predicted octanol–water partition coefficient (Wildman–Crippen LogP) is 8.20. The monoisotopic (exact) mass is 505 g/mol. The summed E-state index contributed by atoms with van der Waals surface area (Å²) in [5.74, 6) is 1.67. The molecule has 3 unspecified atom stereocenters. The Morgan fingerprint density at radius 3 is 1.17 bits per heavy atom. The summed E-state index contributed by atoms with van der Waals surface area (Å²) < 4.78 is 0. The van der Waals surface area contributed by atoms with Crippen LogP contribution < -0.4 is 0 Å². The van der Waals surface area contributed by atoms with Gasteiger partial charge in [-0.2, -0.15) is 17.7 Å². The van der Waals surface area contributed by atoms with Gasteiger partial charge in [0, 0.05) is 0 Å². The Hall–Kier alpha value is -0.170. The molecule has 29 heavy (non-hydrogen) atoms. The summed E-state index contributed by atoms with van der Waals surface area (Å²) >= 11 is 1.74. The van der Waals surface area contributed by atoms with Crippen molar-refractivity contribution in [3.63, 3.8) is 0 Å². The Morgan fingerprint density at radius 1 is 0.759 bits per heavy atom. The van der Waals surface area contributed by atoms with Crippen LogP contribution in [0.2, 0.25) is 13.1 Å². The number of hydrogen-bond acceptors (Lipinski definition) is 0. The first-order chi connectivity index (χ1) is 12.8. The zero-order valence-corrected chi connectivity index (χ0v) is 24.6. The zero-order chi connectivity index (χ0) is 22.0. The summed E-state index contributed by atoms with van der Waals surface area (Å²) in [5, 5.41) is 0. The van der Waals surface area contributed by atoms with Crippen molar-refractivity contribution in [1.82, 2.24) is 0 Å². The largest absolute Gasteiger partial charge is 0.147 e. The Labute approximate surface area is 203 Å². The molecule has 162 valence electrons. The molecule has 3 heteroatoms. The molecule has 0 aromatic heterocycles. The van der Waals surface area contributed by atoms with E-state index >= 15 is 0 Å². The molecule has 3 aliphatic rings. The van der Waals surface area contributed by atoms with Crippen molar-refractivity contribution < 1.29 is 23.3 Å². The van der Waals surface area contributed by atoms with Gasteiger partial charge < -0.3 is 0 Å². The Balaban J connectivity index is 0. The zero-order valence-electron chi connectivity index (χ0n) is 20.4. The number of allylic oxidation sites excluding steroid dienone is 12. The molecule has 0 bridgehead atoms. The number of rotatable bonds is 0. The van der Waals surface area contributed by atoms with Crippen LogP contribution in [0, 0.1) is 36.0 Å². The fourth-order valence-corrected chi connectivity index (χ4v) is 2.96. The van der Waals surface area contributed by atoms with E-state index in [1.54, 1.807) is 23.3 Å². The van der Waals surface area contributed by atoms with Crippen molar-refractivity contribution in [2.75, 3.05) is 0 Å². The van der Waals surface area contributed by atoms with E-state index in [2.05, 4.69) is 112 Å². The second kappa shape index (κ2) is 15.6. The molecule has 0 saturated carbocycles. The third-order valence-electron chi connectivity index (χ3n) is 4.64. The molecular weight excluding hydrogens is 467 g/mol. The first kappa shape index (κ1) is 31.0. The van der Waals surface area contributed by atoms with E-state index in [-0.39, 0.29) is 17.8 Å². The topological polar surface area (TPSA) is 0 Å². The van der Waals surface area contributed by atoms with Gasteiger partial charge >= 0.3 is 41.9 Å². The van der Waals surface area contributed by atoms with Crippen LogP contribution >= 0.6 is 12.4 Å². The second-order valence-corrected chi connectivity index (χ2v) is 17.6. The summed E-state index contributed by atoms with van der Waals surface area (Å²) in [6, 6.07) is 0. The molecule has 3 aliphatic carbocycles. The van der Waals surface area contributed by atoms with Gasteiger partial charge in [0.1, 0.15) is 0 Å². The second-order valence-electron chi connectivity index (χ2n) is 8.25. The van der Waals surface area contributed by atoms with Crippen LogP contribution in [-0.2, 0) is 23.3 Å². The van der Waals surface area contributed by atoms with E-state index in [9.17, 15) is 0 Å². The minimum atomic E-state index is 0. The Bertz CT molecular complexity index is 654. The predicted molar refractivity (Wildman–Crippen MR) is 131 cm³/mol. The maximum absolute atomic E-state index is 3.29. The van der Waals surface area contributed by atoms with E-state index in [4.69, 9.17) is 0 Å². The van der Waals surface area contributed by atoms with Crippen LogP contribution in [-0.4, -0.2) is 5.43 Å². The van der Waals surface area contributed by atoms with Gasteiger partial charge in [-0.15, -0.1) is 26.3 Å². The molecular formula is C26H40ClSiZr-3. The first-order valence-corrected chi connectivity index (χ1v) is 16.4. The van der Waals surface area contributed by atoms with Gasteiger partial charge in [-0.3, -0.25) is 18.2 Å². The van der Waals surface area contributed by atoms with Crippen molar-refractivity contribution in [3.05, 3.63) is 69.9 Å². The van der Waals surface area contributed by atoms with Gasteiger partial charge in [0.05, 0.1) is 0 Å². The van der Waals surface area contributed by atoms with E-state index in [1.807, 2.05) is 0 Å². The van der Waals surface area contributed by atoms with E-state index in [0.29, 0.717) is 17.8 Å². The van der Waals surface area contributed by atoms with Gasteiger partial charge in [-0.1, -0.05) is 66.2 Å². The molecule has 0 aliphatic heterocycles. The summed E-state index contributed by atoms with van der Waals surface area (Å²) in [6.45, 7) is 23.8. The van der Waals surface area contributed by atoms with E-state index in [0.717, 1.165) is 0 Å². The molecule has 0 spiro atoms. The van der Waals surface area contributed by atoms with Crippen LogP contribution in [0.25, 0.3) is 0 Å². The Morgan fingerprint density at radius 2 is 1.10 bits per heavy atom. The fourth-order valence-electron chi connectivity index (χ4n) is 2.96. The molecule has 0 aromatic rings. The normalized spacial score (nSPS) is 23.7. The number of hydrogen-bond donors (Lipinski definition) is 0. The van der Waals surface area contributed by atoms with Crippen LogP contribution in [0.4, 0.5) is 0 Å². The van der Waals surface area contributed by atoms with Crippen LogP contribution in [0.5, 0.6) is 0 Å². The molecule has 0 radical (unpaired) electrons. The molecule has 0 heterocycles. The average Bonchev–Trinajstić information content (AvgIpc) is 3.09. The van der Waals surface area contributed by atoms with Crippen LogP contribution in [0.1, 0.15) is 62.3 Å². The minimum absolute atomic E-state index is 0. The van der Waals surface area contributed by atoms with Gasteiger partial charge in [-0.25, -0.2) is 33.9 Å². The summed E-state index contributed by atoms with van der Waals surface area (Å²) in [5.41, 5.74) is 8.34. The molecule has 0 nitrogen and oxygen atoms in total. The van der Waals surface area contributed by atoms with Gasteiger partial charge in [0.2, 0.25) is 0 Å². The average molecular weight is 507 g/mol. The molecule has 0 saturated heterocycles. The smallest absolute Gasteiger partial charge is 0.147 e. The fraction of sp³-hybridized carbons (Fsp3) is 0.538. The molecule has 0 fully saturated rings. The van der Waals surface area contributed by atoms with Gasteiger partial charge in [0.25, 0.3) is 0 Å². The standard InChI is InChI=1S/3C8H11.C2H6Si.ClH.Zr/c3*1-6-4-7(2)8(3)5-6;1-3-2;;/h4,8H,1-3H3;2*4,6H,1-3H3;1-2H3;1H;/q3*-1;;;. The summed E-state index contributed by atoms with van der Waals surface area (Å²) in [4.78, 5) is 0. The SMILES string of the molecule is CC1=[C-]C(C)C(C)=C1.CC1=[C-]C(C)C=C1C.CC1=[C-]C(C)C=C1C.C[Si](C)=[Zr].Cl. The van der Waals surface area contributed by atoms with Crippen molar-refractivity contribution in [3.8, 4) is 0 Å². The maximum atomic E-state index is 3.29.